The van der Waals surface area contributed by atoms with Gasteiger partial charge in [0.2, 0.25) is 0 Å². The highest BCUT2D eigenvalue weighted by Crippen LogP contribution is 2.65. The molecular weight excluding hydrogens is 340 g/mol. The Bertz CT molecular complexity index is 672. The van der Waals surface area contributed by atoms with Crippen LogP contribution in [0.15, 0.2) is 24.5 Å². The number of nitrogens with one attached hydrogen (secondary N) is 1. The molecule has 1 aromatic heterocycles. The fourth-order valence-electron chi connectivity index (χ4n) is 8.76. The molecule has 3 unspecified atom stereocenters. The normalized spacial score (nSPS) is 46.2. The van der Waals surface area contributed by atoms with Crippen LogP contribution in [0.4, 0.5) is 5.69 Å². The molecule has 1 heterocycles. The number of fused-ring (bicyclic) bond motifs is 5. The van der Waals surface area contributed by atoms with Gasteiger partial charge in [-0.25, -0.2) is 0 Å². The average molecular weight is 381 g/mol. The molecule has 5 rings (SSSR count). The summed E-state index contributed by atoms with van der Waals surface area (Å²) in [4.78, 5) is 4.30. The number of hydrogen-bond donors (Lipinski definition) is 1. The Kier molecular flexibility index (Phi) is 4.96. The van der Waals surface area contributed by atoms with Crippen LogP contribution in [0.25, 0.3) is 0 Å². The van der Waals surface area contributed by atoms with E-state index in [0.29, 0.717) is 11.5 Å². The summed E-state index contributed by atoms with van der Waals surface area (Å²) in [6, 6.07) is 4.76. The van der Waals surface area contributed by atoms with Gasteiger partial charge >= 0.3 is 0 Å². The van der Waals surface area contributed by atoms with Gasteiger partial charge in [0, 0.05) is 18.4 Å². The summed E-state index contributed by atoms with van der Waals surface area (Å²) in [6.45, 7) is 7.59. The van der Waals surface area contributed by atoms with Gasteiger partial charge in [0.1, 0.15) is 0 Å². The van der Waals surface area contributed by atoms with Crippen molar-refractivity contribution in [3.63, 3.8) is 0 Å². The Morgan fingerprint density at radius 3 is 2.71 bits per heavy atom. The van der Waals surface area contributed by atoms with Crippen molar-refractivity contribution in [1.29, 1.82) is 0 Å². The maximum atomic E-state index is 4.30. The monoisotopic (exact) mass is 380 g/mol. The first-order chi connectivity index (χ1) is 13.6. The van der Waals surface area contributed by atoms with Crippen molar-refractivity contribution < 1.29 is 0 Å². The molecular formula is C26H40N2. The van der Waals surface area contributed by atoms with Crippen molar-refractivity contribution in [2.24, 2.45) is 46.8 Å². The summed E-state index contributed by atoms with van der Waals surface area (Å²) in [5, 5.41) is 3.80. The Labute approximate surface area is 172 Å². The molecule has 1 N–H and O–H groups in total. The van der Waals surface area contributed by atoms with Crippen LogP contribution in [-0.2, 0) is 0 Å². The lowest BCUT2D eigenvalue weighted by atomic mass is 9.49. The molecule has 0 saturated heterocycles. The topological polar surface area (TPSA) is 24.9 Å². The second-order valence-corrected chi connectivity index (χ2v) is 11.3. The third kappa shape index (κ3) is 3.10. The molecule has 2 heteroatoms. The third-order valence-corrected chi connectivity index (χ3v) is 9.95. The van der Waals surface area contributed by atoms with Crippen LogP contribution in [0.1, 0.15) is 78.6 Å². The fraction of sp³-hybridized carbons (Fsp3) is 0.808. The van der Waals surface area contributed by atoms with E-state index in [1.807, 2.05) is 18.5 Å². The number of hydrogen-bond acceptors (Lipinski definition) is 2. The molecule has 0 bridgehead atoms. The second-order valence-electron chi connectivity index (χ2n) is 11.3. The lowest BCUT2D eigenvalue weighted by Gasteiger charge is -2.56. The summed E-state index contributed by atoms with van der Waals surface area (Å²) >= 11 is 0. The minimum Gasteiger partial charge on any atom is -0.381 e. The van der Waals surface area contributed by atoms with Crippen LogP contribution in [-0.4, -0.2) is 11.0 Å². The minimum atomic E-state index is 0.544. The summed E-state index contributed by atoms with van der Waals surface area (Å²) < 4.78 is 0. The van der Waals surface area contributed by atoms with Crippen molar-refractivity contribution in [1.82, 2.24) is 4.98 Å². The molecule has 2 nitrogen and oxygen atoms in total. The molecule has 9 atom stereocenters. The molecule has 4 fully saturated rings. The van der Waals surface area contributed by atoms with Crippen LogP contribution >= 0.6 is 0 Å². The number of pyridine rings is 1. The fourth-order valence-corrected chi connectivity index (χ4v) is 8.76. The zero-order valence-electron chi connectivity index (χ0n) is 18.2. The standard InChI is InChI=1S/C26H40N2/c1-17-6-8-21-19(15-17)7-9-23-22(21)12-13-26(3)24(10-11-25(23)26)18(2)28-20-5-4-14-27-16-20/h4-5,14,16-19,21-25,28H,6-13,15H2,1-3H3/t17-,18+,19+,21-,22?,23+,24?,25?,26+/m0/s1. The molecule has 0 aliphatic heterocycles. The van der Waals surface area contributed by atoms with E-state index in [-0.39, 0.29) is 0 Å². The average Bonchev–Trinajstić information content (AvgIpc) is 3.05. The number of nitrogens with zero attached hydrogens (tertiary/aromatic N) is 1. The van der Waals surface area contributed by atoms with Crippen molar-refractivity contribution in [2.45, 2.75) is 84.6 Å². The van der Waals surface area contributed by atoms with E-state index >= 15 is 0 Å². The molecule has 4 aliphatic rings. The second kappa shape index (κ2) is 7.33. The zero-order chi connectivity index (χ0) is 19.3. The van der Waals surface area contributed by atoms with Gasteiger partial charge in [0.15, 0.2) is 0 Å². The minimum absolute atomic E-state index is 0.544. The SMILES string of the molecule is C[C@H]1CC[C@@H]2C3CC[C@@]4(C)C(CCC4[C@@H](C)Nc4cccnc4)[C@@H]3CC[C@@H]2C1. The van der Waals surface area contributed by atoms with Crippen LogP contribution in [0.2, 0.25) is 0 Å². The quantitative estimate of drug-likeness (QED) is 0.624. The summed E-state index contributed by atoms with van der Waals surface area (Å²) in [5.74, 6) is 7.01. The maximum Gasteiger partial charge on any atom is 0.0528 e. The predicted molar refractivity (Wildman–Crippen MR) is 117 cm³/mol. The molecule has 4 saturated carbocycles. The Morgan fingerprint density at radius 1 is 1.04 bits per heavy atom. The van der Waals surface area contributed by atoms with Gasteiger partial charge in [-0.1, -0.05) is 20.3 Å². The Morgan fingerprint density at radius 2 is 1.89 bits per heavy atom. The third-order valence-electron chi connectivity index (χ3n) is 9.95. The highest BCUT2D eigenvalue weighted by atomic mass is 14.9. The molecule has 0 radical (unpaired) electrons. The van der Waals surface area contributed by atoms with Crippen molar-refractivity contribution in [3.05, 3.63) is 24.5 Å². The van der Waals surface area contributed by atoms with E-state index in [4.69, 9.17) is 0 Å². The highest BCUT2D eigenvalue weighted by Gasteiger charge is 2.57. The maximum absolute atomic E-state index is 4.30. The van der Waals surface area contributed by atoms with Gasteiger partial charge in [-0.05, 0) is 117 Å². The number of anilines is 1. The van der Waals surface area contributed by atoms with Gasteiger partial charge in [0.05, 0.1) is 5.69 Å². The first kappa shape index (κ1) is 18.9. The van der Waals surface area contributed by atoms with Gasteiger partial charge in [-0.2, -0.15) is 0 Å². The van der Waals surface area contributed by atoms with E-state index in [1.54, 1.807) is 6.42 Å². The lowest BCUT2D eigenvalue weighted by molar-refractivity contribution is -0.0683. The molecule has 28 heavy (non-hydrogen) atoms. The predicted octanol–water partition coefficient (Wildman–Crippen LogP) is 6.79. The largest absolute Gasteiger partial charge is 0.381 e. The highest BCUT2D eigenvalue weighted by molar-refractivity contribution is 5.41. The molecule has 0 aromatic carbocycles. The molecule has 154 valence electrons. The van der Waals surface area contributed by atoms with Crippen LogP contribution in [0.5, 0.6) is 0 Å². The van der Waals surface area contributed by atoms with Crippen LogP contribution < -0.4 is 5.32 Å². The van der Waals surface area contributed by atoms with Gasteiger partial charge in [-0.3, -0.25) is 4.98 Å². The van der Waals surface area contributed by atoms with Gasteiger partial charge < -0.3 is 5.32 Å². The molecule has 0 spiro atoms. The van der Waals surface area contributed by atoms with E-state index in [9.17, 15) is 0 Å². The lowest BCUT2D eigenvalue weighted by Crippen LogP contribution is -2.50. The van der Waals surface area contributed by atoms with Crippen LogP contribution in [0.3, 0.4) is 0 Å². The summed E-state index contributed by atoms with van der Waals surface area (Å²) in [5.41, 5.74) is 1.73. The molecule has 4 aliphatic carbocycles. The van der Waals surface area contributed by atoms with E-state index in [0.717, 1.165) is 41.4 Å². The molecule has 0 amide bonds. The summed E-state index contributed by atoms with van der Waals surface area (Å²) in [6.07, 6.45) is 17.4. The van der Waals surface area contributed by atoms with E-state index < -0.39 is 0 Å². The smallest absolute Gasteiger partial charge is 0.0528 e. The first-order valence-corrected chi connectivity index (χ1v) is 12.2. The van der Waals surface area contributed by atoms with E-state index in [1.165, 1.54) is 57.1 Å². The summed E-state index contributed by atoms with van der Waals surface area (Å²) in [7, 11) is 0. The van der Waals surface area contributed by atoms with Gasteiger partial charge in [0.25, 0.3) is 0 Å². The van der Waals surface area contributed by atoms with Crippen molar-refractivity contribution >= 4 is 5.69 Å². The van der Waals surface area contributed by atoms with Crippen LogP contribution in [0, 0.1) is 46.8 Å². The Balaban J connectivity index is 1.31. The van der Waals surface area contributed by atoms with Gasteiger partial charge in [-0.15, -0.1) is 0 Å². The van der Waals surface area contributed by atoms with Crippen molar-refractivity contribution in [2.75, 3.05) is 5.32 Å². The first-order valence-electron chi connectivity index (χ1n) is 12.2. The number of rotatable bonds is 3. The zero-order valence-corrected chi connectivity index (χ0v) is 18.2. The molecule has 1 aromatic rings. The van der Waals surface area contributed by atoms with E-state index in [2.05, 4.69) is 37.1 Å². The Hall–Kier alpha value is -1.05. The number of aromatic nitrogens is 1. The van der Waals surface area contributed by atoms with Crippen molar-refractivity contribution in [3.8, 4) is 0 Å².